The molecule has 0 aliphatic carbocycles. The van der Waals surface area contributed by atoms with Gasteiger partial charge in [0.25, 0.3) is 0 Å². The van der Waals surface area contributed by atoms with Gasteiger partial charge in [0, 0.05) is 6.54 Å². The molecule has 6 heavy (non-hydrogen) atoms. The van der Waals surface area contributed by atoms with Gasteiger partial charge in [0.1, 0.15) is 0 Å². The molecule has 0 saturated heterocycles. The fraction of sp³-hybridized carbons (Fsp3) is 0.333. The molecular weight excluding hydrogens is 78.1 g/mol. The molecule has 0 bridgehead atoms. The molecule has 0 aromatic heterocycles. The Morgan fingerprint density at radius 1 is 1.67 bits per heavy atom. The summed E-state index contributed by atoms with van der Waals surface area (Å²) in [7, 11) is 0. The van der Waals surface area contributed by atoms with Crippen LogP contribution >= 0.6 is 0 Å². The molecule has 0 spiro atoms. The number of hydrogen-bond donors (Lipinski definition) is 3. The van der Waals surface area contributed by atoms with E-state index in [0.29, 0.717) is 6.54 Å². The van der Waals surface area contributed by atoms with Crippen LogP contribution in [0, 0.1) is 0 Å². The van der Waals surface area contributed by atoms with Crippen molar-refractivity contribution in [1.82, 2.24) is 5.43 Å². The Bertz CT molecular complexity index is 41.3. The Morgan fingerprint density at radius 3 is 2.50 bits per heavy atom. The zero-order chi connectivity index (χ0) is 4.83. The lowest BCUT2D eigenvalue weighted by Crippen LogP contribution is -2.21. The van der Waals surface area contributed by atoms with Gasteiger partial charge >= 0.3 is 0 Å². The van der Waals surface area contributed by atoms with Gasteiger partial charge in [-0.2, -0.15) is 0 Å². The average molecular weight is 87.1 g/mol. The maximum absolute atomic E-state index is 4.94. The lowest BCUT2D eigenvalue weighted by atomic mass is 10.6. The van der Waals surface area contributed by atoms with Gasteiger partial charge in [0.2, 0.25) is 0 Å². The van der Waals surface area contributed by atoms with Crippen molar-refractivity contribution in [2.45, 2.75) is 0 Å². The second-order valence-electron chi connectivity index (χ2n) is 0.836. The fourth-order valence-electron chi connectivity index (χ4n) is 0.136. The van der Waals surface area contributed by atoms with Crippen LogP contribution in [-0.2, 0) is 0 Å². The summed E-state index contributed by atoms with van der Waals surface area (Å²) in [5.41, 5.74) is 7.34. The largest absolute Gasteiger partial charge is 0.405 e. The molecule has 5 N–H and O–H groups in total. The van der Waals surface area contributed by atoms with Crippen LogP contribution in [0.15, 0.2) is 12.3 Å². The van der Waals surface area contributed by atoms with Crippen molar-refractivity contribution in [2.24, 2.45) is 11.6 Å². The first-order valence-electron chi connectivity index (χ1n) is 1.72. The van der Waals surface area contributed by atoms with Gasteiger partial charge in [-0.3, -0.25) is 11.3 Å². The summed E-state index contributed by atoms with van der Waals surface area (Å²) in [5, 5.41) is 0. The summed E-state index contributed by atoms with van der Waals surface area (Å²) in [5.74, 6) is 4.86. The molecule has 0 amide bonds. The highest BCUT2D eigenvalue weighted by Crippen LogP contribution is 1.52. The van der Waals surface area contributed by atoms with E-state index in [0.717, 1.165) is 0 Å². The highest BCUT2D eigenvalue weighted by Gasteiger charge is 1.61. The van der Waals surface area contributed by atoms with Gasteiger partial charge in [-0.05, 0) is 6.20 Å². The zero-order valence-electron chi connectivity index (χ0n) is 3.52. The van der Waals surface area contributed by atoms with Crippen molar-refractivity contribution in [1.29, 1.82) is 0 Å². The Balaban J connectivity index is 2.66. The van der Waals surface area contributed by atoms with E-state index in [1.807, 2.05) is 0 Å². The second-order valence-corrected chi connectivity index (χ2v) is 0.836. The fourth-order valence-corrected chi connectivity index (χ4v) is 0.136. The van der Waals surface area contributed by atoms with Crippen molar-refractivity contribution in [2.75, 3.05) is 6.54 Å². The Labute approximate surface area is 37.0 Å². The summed E-state index contributed by atoms with van der Waals surface area (Å²) in [6.07, 6.45) is 3.17. The second kappa shape index (κ2) is 4.46. The molecule has 0 atom stereocenters. The van der Waals surface area contributed by atoms with E-state index in [9.17, 15) is 0 Å². The Hall–Kier alpha value is -0.540. The van der Waals surface area contributed by atoms with E-state index < -0.39 is 0 Å². The van der Waals surface area contributed by atoms with E-state index in [2.05, 4.69) is 5.43 Å². The topological polar surface area (TPSA) is 64.1 Å². The summed E-state index contributed by atoms with van der Waals surface area (Å²) in [4.78, 5) is 0. The molecule has 0 aliphatic heterocycles. The lowest BCUT2D eigenvalue weighted by Gasteiger charge is -1.82. The van der Waals surface area contributed by atoms with Crippen LogP contribution in [0.1, 0.15) is 0 Å². The number of hydrogen-bond acceptors (Lipinski definition) is 3. The van der Waals surface area contributed by atoms with Crippen LogP contribution in [-0.4, -0.2) is 6.54 Å². The molecule has 0 rings (SSSR count). The van der Waals surface area contributed by atoms with E-state index in [-0.39, 0.29) is 0 Å². The van der Waals surface area contributed by atoms with Crippen molar-refractivity contribution < 1.29 is 0 Å². The number of hydrazine groups is 1. The molecule has 0 radical (unpaired) electrons. The van der Waals surface area contributed by atoms with Crippen molar-refractivity contribution in [3.8, 4) is 0 Å². The van der Waals surface area contributed by atoms with Gasteiger partial charge in [0.15, 0.2) is 0 Å². The predicted octanol–water partition coefficient (Wildman–Crippen LogP) is -1.08. The summed E-state index contributed by atoms with van der Waals surface area (Å²) in [6.45, 7) is 0.635. The maximum atomic E-state index is 4.94. The molecular formula is C3H9N3. The third-order valence-corrected chi connectivity index (χ3v) is 0.372. The first-order chi connectivity index (χ1) is 2.91. The summed E-state index contributed by atoms with van der Waals surface area (Å²) < 4.78 is 0. The van der Waals surface area contributed by atoms with Crippen LogP contribution < -0.4 is 17.0 Å². The minimum absolute atomic E-state index is 0.635. The molecule has 0 heterocycles. The minimum Gasteiger partial charge on any atom is -0.405 e. The van der Waals surface area contributed by atoms with Crippen LogP contribution in [0.2, 0.25) is 0 Å². The standard InChI is InChI=1S/C3H9N3/c4-2-1-3-6-5/h1-2,6H,3-5H2/b2-1+. The van der Waals surface area contributed by atoms with Crippen LogP contribution in [0.5, 0.6) is 0 Å². The highest BCUT2D eigenvalue weighted by molar-refractivity contribution is 4.76. The third kappa shape index (κ3) is 3.46. The first-order valence-corrected chi connectivity index (χ1v) is 1.72. The summed E-state index contributed by atoms with van der Waals surface area (Å²) in [6, 6.07) is 0. The van der Waals surface area contributed by atoms with Gasteiger partial charge in [-0.25, -0.2) is 0 Å². The van der Waals surface area contributed by atoms with Crippen molar-refractivity contribution >= 4 is 0 Å². The predicted molar refractivity (Wildman–Crippen MR) is 25.5 cm³/mol. The van der Waals surface area contributed by atoms with E-state index >= 15 is 0 Å². The lowest BCUT2D eigenvalue weighted by molar-refractivity contribution is 0.822. The van der Waals surface area contributed by atoms with Crippen LogP contribution in [0.3, 0.4) is 0 Å². The van der Waals surface area contributed by atoms with E-state index in [1.165, 1.54) is 6.20 Å². The minimum atomic E-state index is 0.635. The number of nitrogens with one attached hydrogen (secondary N) is 1. The smallest absolute Gasteiger partial charge is 0.0295 e. The summed E-state index contributed by atoms with van der Waals surface area (Å²) >= 11 is 0. The van der Waals surface area contributed by atoms with Gasteiger partial charge in [-0.1, -0.05) is 6.08 Å². The van der Waals surface area contributed by atoms with Gasteiger partial charge < -0.3 is 5.73 Å². The Morgan fingerprint density at radius 2 is 2.33 bits per heavy atom. The van der Waals surface area contributed by atoms with Crippen LogP contribution in [0.25, 0.3) is 0 Å². The average Bonchev–Trinajstić information content (AvgIpc) is 1.61. The highest BCUT2D eigenvalue weighted by atomic mass is 15.2. The van der Waals surface area contributed by atoms with Crippen LogP contribution in [0.4, 0.5) is 0 Å². The molecule has 36 valence electrons. The van der Waals surface area contributed by atoms with Crippen molar-refractivity contribution in [3.63, 3.8) is 0 Å². The normalized spacial score (nSPS) is 10.2. The zero-order valence-corrected chi connectivity index (χ0v) is 3.52. The monoisotopic (exact) mass is 87.1 g/mol. The first kappa shape index (κ1) is 5.46. The SMILES string of the molecule is N/C=C/CNN. The van der Waals surface area contributed by atoms with Gasteiger partial charge in [-0.15, -0.1) is 0 Å². The van der Waals surface area contributed by atoms with E-state index in [4.69, 9.17) is 11.6 Å². The molecule has 0 aliphatic rings. The molecule has 3 nitrogen and oxygen atoms in total. The maximum Gasteiger partial charge on any atom is 0.0295 e. The molecule has 0 aromatic carbocycles. The molecule has 3 heteroatoms. The van der Waals surface area contributed by atoms with E-state index in [1.54, 1.807) is 6.08 Å². The molecule has 0 saturated carbocycles. The molecule has 0 fully saturated rings. The van der Waals surface area contributed by atoms with Gasteiger partial charge in [0.05, 0.1) is 0 Å². The Kier molecular flexibility index (Phi) is 4.06. The molecule has 0 aromatic rings. The quantitative estimate of drug-likeness (QED) is 0.296. The number of rotatable bonds is 2. The van der Waals surface area contributed by atoms with Crippen molar-refractivity contribution in [3.05, 3.63) is 12.3 Å². The third-order valence-electron chi connectivity index (χ3n) is 0.372. The number of nitrogens with two attached hydrogens (primary N) is 2. The molecule has 0 unspecified atom stereocenters.